The molecule has 0 amide bonds. The summed E-state index contributed by atoms with van der Waals surface area (Å²) >= 11 is 0. The zero-order valence-corrected chi connectivity index (χ0v) is 10.2. The Bertz CT molecular complexity index is 308. The number of rotatable bonds is 2. The molecular weight excluding hydrogens is 184 g/mol. The van der Waals surface area contributed by atoms with Gasteiger partial charge in [0.25, 0.3) is 0 Å². The van der Waals surface area contributed by atoms with E-state index in [1.165, 1.54) is 43.9 Å². The monoisotopic (exact) mass is 206 g/mol. The minimum Gasteiger partial charge on any atom is -0.349 e. The molecule has 1 aromatic rings. The molecular formula is C13H22N2. The molecule has 2 rings (SSSR count). The van der Waals surface area contributed by atoms with Crippen molar-refractivity contribution in [1.29, 1.82) is 0 Å². The number of aryl methyl sites for hydroxylation is 2. The Hall–Kier alpha value is -0.760. The molecule has 1 saturated heterocycles. The fourth-order valence-electron chi connectivity index (χ4n) is 2.67. The van der Waals surface area contributed by atoms with E-state index in [9.17, 15) is 0 Å². The van der Waals surface area contributed by atoms with Gasteiger partial charge in [0.05, 0.1) is 0 Å². The van der Waals surface area contributed by atoms with Gasteiger partial charge < -0.3 is 9.47 Å². The Labute approximate surface area is 92.9 Å². The lowest BCUT2D eigenvalue weighted by Crippen LogP contribution is -2.34. The Morgan fingerprint density at radius 3 is 2.53 bits per heavy atom. The zero-order chi connectivity index (χ0) is 10.8. The maximum absolute atomic E-state index is 2.46. The number of likely N-dealkylation sites (tertiary alicyclic amines) is 1. The third kappa shape index (κ3) is 2.43. The van der Waals surface area contributed by atoms with Crippen LogP contribution >= 0.6 is 0 Å². The zero-order valence-electron chi connectivity index (χ0n) is 10.2. The lowest BCUT2D eigenvalue weighted by Gasteiger charge is -2.30. The van der Waals surface area contributed by atoms with E-state index in [-0.39, 0.29) is 0 Å². The SMILES string of the molecule is Cc1ccc(C)n1CC1CCCN(C)C1. The molecule has 15 heavy (non-hydrogen) atoms. The highest BCUT2D eigenvalue weighted by molar-refractivity contribution is 5.13. The van der Waals surface area contributed by atoms with Gasteiger partial charge in [-0.15, -0.1) is 0 Å². The van der Waals surface area contributed by atoms with Crippen LogP contribution in [0.4, 0.5) is 0 Å². The summed E-state index contributed by atoms with van der Waals surface area (Å²) in [5.74, 6) is 0.841. The van der Waals surface area contributed by atoms with Crippen molar-refractivity contribution in [3.63, 3.8) is 0 Å². The highest BCUT2D eigenvalue weighted by Gasteiger charge is 2.18. The van der Waals surface area contributed by atoms with Gasteiger partial charge in [-0.25, -0.2) is 0 Å². The summed E-state index contributed by atoms with van der Waals surface area (Å²) < 4.78 is 2.46. The fraction of sp³-hybridized carbons (Fsp3) is 0.692. The van der Waals surface area contributed by atoms with Crippen molar-refractivity contribution in [3.05, 3.63) is 23.5 Å². The first-order chi connectivity index (χ1) is 7.16. The van der Waals surface area contributed by atoms with Crippen molar-refractivity contribution in [2.24, 2.45) is 5.92 Å². The van der Waals surface area contributed by atoms with Crippen molar-refractivity contribution in [2.45, 2.75) is 33.2 Å². The Morgan fingerprint density at radius 2 is 1.93 bits per heavy atom. The fourth-order valence-corrected chi connectivity index (χ4v) is 2.67. The van der Waals surface area contributed by atoms with Crippen molar-refractivity contribution in [1.82, 2.24) is 9.47 Å². The van der Waals surface area contributed by atoms with E-state index in [1.54, 1.807) is 0 Å². The topological polar surface area (TPSA) is 8.17 Å². The van der Waals surface area contributed by atoms with E-state index in [1.807, 2.05) is 0 Å². The Kier molecular flexibility index (Phi) is 3.15. The van der Waals surface area contributed by atoms with Gasteiger partial charge in [0, 0.05) is 24.5 Å². The van der Waals surface area contributed by atoms with E-state index in [0.717, 1.165) is 5.92 Å². The molecule has 0 N–H and O–H groups in total. The third-order valence-corrected chi connectivity index (χ3v) is 3.58. The smallest absolute Gasteiger partial charge is 0.0265 e. The van der Waals surface area contributed by atoms with E-state index in [2.05, 4.69) is 42.5 Å². The summed E-state index contributed by atoms with van der Waals surface area (Å²) in [5.41, 5.74) is 2.81. The Morgan fingerprint density at radius 1 is 1.27 bits per heavy atom. The number of hydrogen-bond acceptors (Lipinski definition) is 1. The van der Waals surface area contributed by atoms with Gasteiger partial charge in [0.2, 0.25) is 0 Å². The second-order valence-corrected chi connectivity index (χ2v) is 5.00. The van der Waals surface area contributed by atoms with E-state index >= 15 is 0 Å². The van der Waals surface area contributed by atoms with Gasteiger partial charge in [-0.3, -0.25) is 0 Å². The third-order valence-electron chi connectivity index (χ3n) is 3.58. The number of hydrogen-bond donors (Lipinski definition) is 0. The van der Waals surface area contributed by atoms with E-state index in [4.69, 9.17) is 0 Å². The maximum atomic E-state index is 2.46. The van der Waals surface area contributed by atoms with Crippen LogP contribution in [0.1, 0.15) is 24.2 Å². The van der Waals surface area contributed by atoms with Crippen molar-refractivity contribution >= 4 is 0 Å². The van der Waals surface area contributed by atoms with Crippen molar-refractivity contribution < 1.29 is 0 Å². The quantitative estimate of drug-likeness (QED) is 0.721. The molecule has 0 bridgehead atoms. The van der Waals surface area contributed by atoms with Crippen LogP contribution in [0, 0.1) is 19.8 Å². The molecule has 2 heteroatoms. The number of aromatic nitrogens is 1. The minimum absolute atomic E-state index is 0.841. The summed E-state index contributed by atoms with van der Waals surface area (Å²) in [6.07, 6.45) is 2.75. The predicted octanol–water partition coefficient (Wildman–Crippen LogP) is 2.45. The molecule has 0 aliphatic carbocycles. The van der Waals surface area contributed by atoms with E-state index in [0.29, 0.717) is 0 Å². The van der Waals surface area contributed by atoms with Crippen molar-refractivity contribution in [3.8, 4) is 0 Å². The van der Waals surface area contributed by atoms with Gasteiger partial charge in [-0.2, -0.15) is 0 Å². The van der Waals surface area contributed by atoms with Gasteiger partial charge in [-0.05, 0) is 58.3 Å². The van der Waals surface area contributed by atoms with Crippen LogP contribution in [0.25, 0.3) is 0 Å². The van der Waals surface area contributed by atoms with Crippen LogP contribution in [-0.4, -0.2) is 29.6 Å². The van der Waals surface area contributed by atoms with E-state index < -0.39 is 0 Å². The molecule has 0 aromatic carbocycles. The normalized spacial score (nSPS) is 23.3. The van der Waals surface area contributed by atoms with Crippen LogP contribution in [0.3, 0.4) is 0 Å². The molecule has 1 aliphatic rings. The highest BCUT2D eigenvalue weighted by Crippen LogP contribution is 2.19. The standard InChI is InChI=1S/C13H22N2/c1-11-6-7-12(2)15(11)10-13-5-4-8-14(3)9-13/h6-7,13H,4-5,8-10H2,1-3H3. The van der Waals surface area contributed by atoms with Crippen molar-refractivity contribution in [2.75, 3.05) is 20.1 Å². The van der Waals surface area contributed by atoms with Gasteiger partial charge in [0.15, 0.2) is 0 Å². The summed E-state index contributed by atoms with van der Waals surface area (Å²) in [7, 11) is 2.24. The summed E-state index contributed by atoms with van der Waals surface area (Å²) in [6.45, 7) is 8.16. The lowest BCUT2D eigenvalue weighted by atomic mass is 9.98. The maximum Gasteiger partial charge on any atom is 0.0265 e. The van der Waals surface area contributed by atoms with Crippen LogP contribution < -0.4 is 0 Å². The van der Waals surface area contributed by atoms with Crippen LogP contribution in [0.5, 0.6) is 0 Å². The molecule has 1 unspecified atom stereocenters. The van der Waals surface area contributed by atoms with Crippen LogP contribution in [0.15, 0.2) is 12.1 Å². The molecule has 1 atom stereocenters. The second-order valence-electron chi connectivity index (χ2n) is 5.00. The average molecular weight is 206 g/mol. The van der Waals surface area contributed by atoms with Gasteiger partial charge >= 0.3 is 0 Å². The largest absolute Gasteiger partial charge is 0.349 e. The minimum atomic E-state index is 0.841. The van der Waals surface area contributed by atoms with Gasteiger partial charge in [0.1, 0.15) is 0 Å². The first-order valence-electron chi connectivity index (χ1n) is 5.98. The highest BCUT2D eigenvalue weighted by atomic mass is 15.1. The molecule has 1 aliphatic heterocycles. The Balaban J connectivity index is 2.02. The molecule has 0 saturated carbocycles. The van der Waals surface area contributed by atoms with Gasteiger partial charge in [-0.1, -0.05) is 0 Å². The van der Waals surface area contributed by atoms with Crippen LogP contribution in [-0.2, 0) is 6.54 Å². The molecule has 2 nitrogen and oxygen atoms in total. The predicted molar refractivity (Wildman–Crippen MR) is 64.1 cm³/mol. The van der Waals surface area contributed by atoms with Crippen LogP contribution in [0.2, 0.25) is 0 Å². The molecule has 2 heterocycles. The summed E-state index contributed by atoms with van der Waals surface area (Å²) in [5, 5.41) is 0. The molecule has 84 valence electrons. The lowest BCUT2D eigenvalue weighted by molar-refractivity contribution is 0.193. The molecule has 0 radical (unpaired) electrons. The summed E-state index contributed by atoms with van der Waals surface area (Å²) in [6, 6.07) is 4.45. The first kappa shape index (κ1) is 10.7. The molecule has 0 spiro atoms. The summed E-state index contributed by atoms with van der Waals surface area (Å²) in [4.78, 5) is 2.46. The number of piperidine rings is 1. The first-order valence-corrected chi connectivity index (χ1v) is 5.98. The molecule has 1 fully saturated rings. The number of nitrogens with zero attached hydrogens (tertiary/aromatic N) is 2. The second kappa shape index (κ2) is 4.40. The average Bonchev–Trinajstić information content (AvgIpc) is 2.50. The molecule has 1 aromatic heterocycles.